The van der Waals surface area contributed by atoms with Crippen molar-refractivity contribution in [2.75, 3.05) is 7.11 Å². The second-order valence-electron chi connectivity index (χ2n) is 5.95. The Morgan fingerprint density at radius 1 is 1.14 bits per heavy atom. The minimum absolute atomic E-state index is 0. The van der Waals surface area contributed by atoms with Crippen LogP contribution >= 0.6 is 0 Å². The van der Waals surface area contributed by atoms with E-state index in [1.165, 1.54) is 25.7 Å². The molecule has 0 aliphatic heterocycles. The van der Waals surface area contributed by atoms with Crippen molar-refractivity contribution in [1.29, 1.82) is 0 Å². The van der Waals surface area contributed by atoms with Crippen molar-refractivity contribution in [1.82, 2.24) is 10.8 Å². The number of rotatable bonds is 7. The van der Waals surface area contributed by atoms with Gasteiger partial charge in [0.05, 0.1) is 19.4 Å². The molecule has 9 nitrogen and oxygen atoms in total. The fraction of sp³-hybridized carbons (Fsp3) is 0.250. The van der Waals surface area contributed by atoms with E-state index in [0.29, 0.717) is 11.3 Å². The highest BCUT2D eigenvalue weighted by atomic mass is 16.5. The molecule has 0 radical (unpaired) electrons. The van der Waals surface area contributed by atoms with Crippen LogP contribution in [-0.2, 0) is 4.79 Å². The third-order valence-corrected chi connectivity index (χ3v) is 4.07. The monoisotopic (exact) mass is 403 g/mol. The van der Waals surface area contributed by atoms with E-state index in [1.807, 2.05) is 6.07 Å². The average Bonchev–Trinajstić information content (AvgIpc) is 2.71. The normalized spacial score (nSPS) is 12.6. The highest BCUT2D eigenvalue weighted by Crippen LogP contribution is 2.26. The number of nitrogens with one attached hydrogen (secondary N) is 2. The van der Waals surface area contributed by atoms with Gasteiger partial charge in [-0.15, -0.1) is 0 Å². The van der Waals surface area contributed by atoms with E-state index in [0.717, 1.165) is 11.1 Å². The van der Waals surface area contributed by atoms with Crippen LogP contribution in [0.3, 0.4) is 0 Å². The summed E-state index contributed by atoms with van der Waals surface area (Å²) in [7, 11) is 1.51. The van der Waals surface area contributed by atoms with E-state index in [4.69, 9.17) is 15.2 Å². The topological polar surface area (TPSA) is 140 Å². The first-order valence-corrected chi connectivity index (χ1v) is 8.30. The first-order valence-electron chi connectivity index (χ1n) is 8.30. The van der Waals surface area contributed by atoms with Gasteiger partial charge in [-0.05, 0) is 42.3 Å². The molecule has 2 atom stereocenters. The number of methoxy groups -OCH3 is 1. The summed E-state index contributed by atoms with van der Waals surface area (Å²) in [5.41, 5.74) is 3.87. The van der Waals surface area contributed by atoms with Crippen LogP contribution in [-0.4, -0.2) is 52.8 Å². The molecule has 0 spiro atoms. The van der Waals surface area contributed by atoms with Gasteiger partial charge < -0.3 is 20.4 Å². The van der Waals surface area contributed by atoms with E-state index in [-0.39, 0.29) is 13.0 Å². The number of amides is 2. The van der Waals surface area contributed by atoms with E-state index in [2.05, 4.69) is 10.5 Å². The lowest BCUT2D eigenvalue weighted by molar-refractivity contribution is -0.133. The second-order valence-corrected chi connectivity index (χ2v) is 5.95. The molecule has 2 amide bonds. The maximum atomic E-state index is 12.3. The van der Waals surface area contributed by atoms with E-state index in [9.17, 15) is 14.7 Å². The number of benzene rings is 2. The summed E-state index contributed by atoms with van der Waals surface area (Å²) >= 11 is 0. The van der Waals surface area contributed by atoms with Crippen LogP contribution in [0.15, 0.2) is 47.6 Å². The Bertz CT molecular complexity index is 865. The lowest BCUT2D eigenvalue weighted by Gasteiger charge is -2.19. The van der Waals surface area contributed by atoms with Crippen molar-refractivity contribution in [3.8, 4) is 16.9 Å². The number of hydrogen-bond acceptors (Lipinski definition) is 7. The molecule has 9 heteroatoms. The van der Waals surface area contributed by atoms with Gasteiger partial charge in [-0.1, -0.05) is 30.8 Å². The summed E-state index contributed by atoms with van der Waals surface area (Å²) in [5, 5.41) is 32.4. The Morgan fingerprint density at radius 3 is 2.28 bits per heavy atom. The van der Waals surface area contributed by atoms with Gasteiger partial charge in [0.1, 0.15) is 11.8 Å². The van der Waals surface area contributed by atoms with Crippen molar-refractivity contribution in [2.24, 2.45) is 5.16 Å². The number of carbonyl (C=O) groups excluding carboxylic acids is 2. The van der Waals surface area contributed by atoms with Crippen LogP contribution in [0, 0.1) is 0 Å². The van der Waals surface area contributed by atoms with Crippen molar-refractivity contribution in [3.05, 3.63) is 53.6 Å². The van der Waals surface area contributed by atoms with Gasteiger partial charge in [0, 0.05) is 11.1 Å². The molecular formula is C20H25N3O6. The summed E-state index contributed by atoms with van der Waals surface area (Å²) in [6.45, 7) is 1.32. The van der Waals surface area contributed by atoms with Crippen LogP contribution in [0.25, 0.3) is 11.1 Å². The standard InChI is InChI=1S/C19H21N3O6.CH4/c1-11(23)17(19(25)22-27)21-18(24)13-5-3-12(4-6-13)14-7-8-16(28-2)15(9-14)10-20-26;/h3-11,17,23,26-27H,1-2H3,(H,21,24)(H,22,25);1H4/b20-10-;/t11-,17+;/m1./s1. The van der Waals surface area contributed by atoms with Crippen LogP contribution in [0.2, 0.25) is 0 Å². The summed E-state index contributed by atoms with van der Waals surface area (Å²) in [6, 6.07) is 10.6. The number of aliphatic hydroxyl groups excluding tert-OH is 1. The van der Waals surface area contributed by atoms with Gasteiger partial charge in [-0.25, -0.2) is 5.48 Å². The Labute approximate surface area is 168 Å². The maximum absolute atomic E-state index is 12.3. The molecule has 2 aromatic rings. The Kier molecular flexibility index (Phi) is 8.78. The van der Waals surface area contributed by atoms with E-state index >= 15 is 0 Å². The zero-order valence-corrected chi connectivity index (χ0v) is 15.3. The molecule has 0 bridgehead atoms. The number of oxime groups is 1. The first kappa shape index (κ1) is 23.6. The predicted molar refractivity (Wildman–Crippen MR) is 107 cm³/mol. The molecule has 29 heavy (non-hydrogen) atoms. The highest BCUT2D eigenvalue weighted by molar-refractivity contribution is 5.98. The predicted octanol–water partition coefficient (Wildman–Crippen LogP) is 1.79. The van der Waals surface area contributed by atoms with Gasteiger partial charge in [-0.3, -0.25) is 14.8 Å². The maximum Gasteiger partial charge on any atom is 0.268 e. The molecule has 0 aliphatic carbocycles. The van der Waals surface area contributed by atoms with Crippen LogP contribution in [0.5, 0.6) is 5.75 Å². The van der Waals surface area contributed by atoms with Gasteiger partial charge >= 0.3 is 0 Å². The molecule has 0 unspecified atom stereocenters. The summed E-state index contributed by atoms with van der Waals surface area (Å²) in [6.07, 6.45) is 0.0632. The Balaban J connectivity index is 0.00000420. The summed E-state index contributed by atoms with van der Waals surface area (Å²) < 4.78 is 5.20. The molecule has 5 N–H and O–H groups in total. The number of hydrogen-bond donors (Lipinski definition) is 5. The molecule has 2 rings (SSSR count). The Hall–Kier alpha value is -3.43. The van der Waals surface area contributed by atoms with Crippen molar-refractivity contribution in [2.45, 2.75) is 26.5 Å². The second kappa shape index (κ2) is 10.8. The summed E-state index contributed by atoms with van der Waals surface area (Å²) in [4.78, 5) is 23.8. The SMILES string of the molecule is C.COc1ccc(-c2ccc(C(=O)N[C@H](C(=O)NO)[C@@H](C)O)cc2)cc1/C=N\O. The highest BCUT2D eigenvalue weighted by Gasteiger charge is 2.25. The quantitative estimate of drug-likeness (QED) is 0.207. The van der Waals surface area contributed by atoms with Gasteiger partial charge in [0.2, 0.25) is 0 Å². The number of nitrogens with zero attached hydrogens (tertiary/aromatic N) is 1. The molecular weight excluding hydrogens is 378 g/mol. The van der Waals surface area contributed by atoms with Gasteiger partial charge in [-0.2, -0.15) is 0 Å². The molecule has 0 saturated carbocycles. The van der Waals surface area contributed by atoms with Crippen molar-refractivity contribution in [3.63, 3.8) is 0 Å². The van der Waals surface area contributed by atoms with Crippen LogP contribution in [0.1, 0.15) is 30.3 Å². The fourth-order valence-electron chi connectivity index (χ4n) is 2.59. The number of aliphatic hydroxyl groups is 1. The molecule has 0 aliphatic rings. The minimum Gasteiger partial charge on any atom is -0.496 e. The zero-order chi connectivity index (χ0) is 20.7. The van der Waals surface area contributed by atoms with Gasteiger partial charge in [0.15, 0.2) is 0 Å². The number of ether oxygens (including phenoxy) is 1. The Morgan fingerprint density at radius 2 is 1.76 bits per heavy atom. The van der Waals surface area contributed by atoms with Crippen molar-refractivity contribution < 1.29 is 29.8 Å². The molecule has 0 fully saturated rings. The average molecular weight is 403 g/mol. The molecule has 0 saturated heterocycles. The molecule has 2 aromatic carbocycles. The smallest absolute Gasteiger partial charge is 0.268 e. The molecule has 0 heterocycles. The largest absolute Gasteiger partial charge is 0.496 e. The third kappa shape index (κ3) is 5.77. The van der Waals surface area contributed by atoms with Crippen molar-refractivity contribution >= 4 is 18.0 Å². The lowest BCUT2D eigenvalue weighted by atomic mass is 10.0. The van der Waals surface area contributed by atoms with E-state index < -0.39 is 24.0 Å². The minimum atomic E-state index is -1.29. The summed E-state index contributed by atoms with van der Waals surface area (Å²) in [5.74, 6) is -0.955. The van der Waals surface area contributed by atoms with Crippen LogP contribution < -0.4 is 15.5 Å². The fourth-order valence-corrected chi connectivity index (χ4v) is 2.59. The van der Waals surface area contributed by atoms with Crippen LogP contribution in [0.4, 0.5) is 0 Å². The molecule has 156 valence electrons. The van der Waals surface area contributed by atoms with E-state index in [1.54, 1.807) is 36.4 Å². The zero-order valence-electron chi connectivity index (χ0n) is 15.3. The number of hydroxylamine groups is 1. The van der Waals surface area contributed by atoms with Gasteiger partial charge in [0.25, 0.3) is 11.8 Å². The lowest BCUT2D eigenvalue weighted by Crippen LogP contribution is -2.51. The first-order chi connectivity index (χ1) is 13.4. The number of carbonyl (C=O) groups is 2. The third-order valence-electron chi connectivity index (χ3n) is 4.07. The molecule has 0 aromatic heterocycles.